The first-order valence-electron chi connectivity index (χ1n) is 8.52. The largest absolute Gasteiger partial charge is 0.490 e. The van der Waals surface area contributed by atoms with Gasteiger partial charge >= 0.3 is 5.97 Å². The van der Waals surface area contributed by atoms with Gasteiger partial charge in [0.1, 0.15) is 11.2 Å². The van der Waals surface area contributed by atoms with Gasteiger partial charge < -0.3 is 14.2 Å². The van der Waals surface area contributed by atoms with Crippen LogP contribution in [0.1, 0.15) is 13.8 Å². The SMILES string of the molecule is CCOc1ccc(-c2csc3c(=O)n(CC(=O)OC)cnc23)cc1OCC. The Labute approximate surface area is 160 Å². The van der Waals surface area contributed by atoms with E-state index in [1.54, 1.807) is 0 Å². The van der Waals surface area contributed by atoms with E-state index in [-0.39, 0.29) is 12.1 Å². The van der Waals surface area contributed by atoms with Crippen molar-refractivity contribution >= 4 is 27.5 Å². The monoisotopic (exact) mass is 388 g/mol. The highest BCUT2D eigenvalue weighted by molar-refractivity contribution is 7.17. The van der Waals surface area contributed by atoms with Crippen LogP contribution in [-0.4, -0.2) is 35.8 Å². The Morgan fingerprint density at radius 1 is 1.19 bits per heavy atom. The minimum Gasteiger partial charge on any atom is -0.490 e. The van der Waals surface area contributed by atoms with Crippen LogP contribution in [0, 0.1) is 0 Å². The number of hydrogen-bond acceptors (Lipinski definition) is 7. The summed E-state index contributed by atoms with van der Waals surface area (Å²) in [6, 6.07) is 5.65. The quantitative estimate of drug-likeness (QED) is 0.579. The topological polar surface area (TPSA) is 79.7 Å². The fourth-order valence-electron chi connectivity index (χ4n) is 2.68. The fourth-order valence-corrected chi connectivity index (χ4v) is 3.66. The Morgan fingerprint density at radius 3 is 2.63 bits per heavy atom. The second-order valence-corrected chi connectivity index (χ2v) is 6.49. The molecule has 0 aliphatic rings. The molecule has 0 N–H and O–H groups in total. The van der Waals surface area contributed by atoms with Gasteiger partial charge in [-0.05, 0) is 31.5 Å². The molecule has 3 rings (SSSR count). The molecule has 0 aliphatic carbocycles. The number of aromatic nitrogens is 2. The van der Waals surface area contributed by atoms with E-state index in [0.29, 0.717) is 34.9 Å². The number of esters is 1. The number of nitrogens with zero attached hydrogens (tertiary/aromatic N) is 2. The molecule has 0 unspecified atom stereocenters. The van der Waals surface area contributed by atoms with Crippen molar-refractivity contribution in [1.29, 1.82) is 0 Å². The Balaban J connectivity index is 2.05. The van der Waals surface area contributed by atoms with E-state index in [4.69, 9.17) is 9.47 Å². The van der Waals surface area contributed by atoms with E-state index >= 15 is 0 Å². The van der Waals surface area contributed by atoms with Crippen LogP contribution in [0.2, 0.25) is 0 Å². The summed E-state index contributed by atoms with van der Waals surface area (Å²) in [5, 5.41) is 1.88. The van der Waals surface area contributed by atoms with Crippen LogP contribution in [0.4, 0.5) is 0 Å². The molecule has 8 heteroatoms. The minimum absolute atomic E-state index is 0.164. The summed E-state index contributed by atoms with van der Waals surface area (Å²) >= 11 is 1.30. The molecule has 7 nitrogen and oxygen atoms in total. The third-order valence-electron chi connectivity index (χ3n) is 3.93. The van der Waals surface area contributed by atoms with Crippen molar-refractivity contribution < 1.29 is 19.0 Å². The van der Waals surface area contributed by atoms with Crippen LogP contribution in [0.15, 0.2) is 34.7 Å². The summed E-state index contributed by atoms with van der Waals surface area (Å²) in [5.41, 5.74) is 2.04. The summed E-state index contributed by atoms with van der Waals surface area (Å²) < 4.78 is 17.6. The molecule has 27 heavy (non-hydrogen) atoms. The number of hydrogen-bond donors (Lipinski definition) is 0. The minimum atomic E-state index is -0.497. The maximum absolute atomic E-state index is 12.6. The van der Waals surface area contributed by atoms with E-state index in [1.165, 1.54) is 29.3 Å². The normalized spacial score (nSPS) is 10.8. The number of methoxy groups -OCH3 is 1. The van der Waals surface area contributed by atoms with Crippen LogP contribution in [0.25, 0.3) is 21.3 Å². The Bertz CT molecular complexity index is 1020. The Kier molecular flexibility index (Phi) is 5.75. The zero-order valence-corrected chi connectivity index (χ0v) is 16.2. The molecule has 0 saturated carbocycles. The average molecular weight is 388 g/mol. The summed E-state index contributed by atoms with van der Waals surface area (Å²) in [4.78, 5) is 28.5. The number of thiophene rings is 1. The Morgan fingerprint density at radius 2 is 1.93 bits per heavy atom. The fraction of sp³-hybridized carbons (Fsp3) is 0.316. The van der Waals surface area contributed by atoms with Crippen molar-refractivity contribution in [1.82, 2.24) is 9.55 Å². The number of ether oxygens (including phenoxy) is 3. The third kappa shape index (κ3) is 3.80. The molecule has 3 aromatic rings. The molecule has 142 valence electrons. The number of fused-ring (bicyclic) bond motifs is 1. The highest BCUT2D eigenvalue weighted by atomic mass is 32.1. The van der Waals surface area contributed by atoms with Gasteiger partial charge in [-0.15, -0.1) is 11.3 Å². The highest BCUT2D eigenvalue weighted by Gasteiger charge is 2.16. The lowest BCUT2D eigenvalue weighted by Gasteiger charge is -2.12. The van der Waals surface area contributed by atoms with Gasteiger partial charge in [0.15, 0.2) is 11.5 Å². The molecule has 0 saturated heterocycles. The summed E-state index contributed by atoms with van der Waals surface area (Å²) in [7, 11) is 1.28. The molecule has 1 aromatic carbocycles. The standard InChI is InChI=1S/C19H20N2O5S/c1-4-25-14-7-6-12(8-15(14)26-5-2)13-10-27-18-17(13)20-11-21(19(18)23)9-16(22)24-3/h6-8,10-11H,4-5,9H2,1-3H3. The van der Waals surface area contributed by atoms with Crippen LogP contribution >= 0.6 is 11.3 Å². The maximum Gasteiger partial charge on any atom is 0.325 e. The van der Waals surface area contributed by atoms with Crippen molar-refractivity contribution in [3.8, 4) is 22.6 Å². The van der Waals surface area contributed by atoms with Crippen LogP contribution in [0.3, 0.4) is 0 Å². The maximum atomic E-state index is 12.6. The second-order valence-electron chi connectivity index (χ2n) is 5.61. The Hall–Kier alpha value is -2.87. The van der Waals surface area contributed by atoms with E-state index in [1.807, 2.05) is 37.4 Å². The van der Waals surface area contributed by atoms with Crippen LogP contribution in [-0.2, 0) is 16.1 Å². The third-order valence-corrected chi connectivity index (χ3v) is 4.88. The molecular weight excluding hydrogens is 368 g/mol. The molecular formula is C19H20N2O5S. The summed E-state index contributed by atoms with van der Waals surface area (Å²) in [6.07, 6.45) is 1.37. The first kappa shape index (κ1) is 18.9. The molecule has 2 heterocycles. The zero-order valence-electron chi connectivity index (χ0n) is 15.4. The number of carbonyl (C=O) groups excluding carboxylic acids is 1. The predicted octanol–water partition coefficient (Wildman–Crippen LogP) is 3.10. The van der Waals surface area contributed by atoms with Crippen molar-refractivity contribution in [2.45, 2.75) is 20.4 Å². The van der Waals surface area contributed by atoms with Gasteiger partial charge in [-0.1, -0.05) is 6.07 Å². The van der Waals surface area contributed by atoms with Crippen molar-refractivity contribution in [3.05, 3.63) is 40.3 Å². The zero-order chi connectivity index (χ0) is 19.4. The number of rotatable bonds is 7. The van der Waals surface area contributed by atoms with E-state index in [9.17, 15) is 9.59 Å². The number of benzene rings is 1. The smallest absolute Gasteiger partial charge is 0.325 e. The van der Waals surface area contributed by atoms with E-state index < -0.39 is 5.97 Å². The van der Waals surface area contributed by atoms with E-state index in [0.717, 1.165) is 11.1 Å². The summed E-state index contributed by atoms with van der Waals surface area (Å²) in [5.74, 6) is 0.828. The van der Waals surface area contributed by atoms with Gasteiger partial charge in [-0.3, -0.25) is 14.2 Å². The lowest BCUT2D eigenvalue weighted by molar-refractivity contribution is -0.141. The predicted molar refractivity (Wildman–Crippen MR) is 104 cm³/mol. The molecule has 0 aliphatic heterocycles. The number of carbonyl (C=O) groups is 1. The molecule has 0 atom stereocenters. The molecule has 2 aromatic heterocycles. The van der Waals surface area contributed by atoms with Gasteiger partial charge in [-0.2, -0.15) is 0 Å². The molecule has 0 bridgehead atoms. The van der Waals surface area contributed by atoms with E-state index in [2.05, 4.69) is 9.72 Å². The lowest BCUT2D eigenvalue weighted by atomic mass is 10.1. The van der Waals surface area contributed by atoms with Crippen molar-refractivity contribution in [2.24, 2.45) is 0 Å². The molecule has 0 spiro atoms. The second kappa shape index (κ2) is 8.22. The summed E-state index contributed by atoms with van der Waals surface area (Å²) in [6.45, 7) is 4.72. The first-order chi connectivity index (χ1) is 13.1. The first-order valence-corrected chi connectivity index (χ1v) is 9.40. The average Bonchev–Trinajstić information content (AvgIpc) is 3.10. The highest BCUT2D eigenvalue weighted by Crippen LogP contribution is 2.36. The van der Waals surface area contributed by atoms with Crippen LogP contribution < -0.4 is 15.0 Å². The molecule has 0 amide bonds. The van der Waals surface area contributed by atoms with Crippen molar-refractivity contribution in [2.75, 3.05) is 20.3 Å². The van der Waals surface area contributed by atoms with Gasteiger partial charge in [0.25, 0.3) is 5.56 Å². The van der Waals surface area contributed by atoms with Gasteiger partial charge in [-0.25, -0.2) is 4.98 Å². The van der Waals surface area contributed by atoms with Crippen molar-refractivity contribution in [3.63, 3.8) is 0 Å². The molecule has 0 radical (unpaired) electrons. The lowest BCUT2D eigenvalue weighted by Crippen LogP contribution is -2.24. The van der Waals surface area contributed by atoms with Gasteiger partial charge in [0.05, 0.1) is 32.2 Å². The van der Waals surface area contributed by atoms with Gasteiger partial charge in [0, 0.05) is 10.9 Å². The van der Waals surface area contributed by atoms with Gasteiger partial charge in [0.2, 0.25) is 0 Å². The van der Waals surface area contributed by atoms with Crippen LogP contribution in [0.5, 0.6) is 11.5 Å². The molecule has 0 fully saturated rings.